The Morgan fingerprint density at radius 2 is 2.00 bits per heavy atom. The Morgan fingerprint density at radius 3 is 2.60 bits per heavy atom. The Labute approximate surface area is 150 Å². The van der Waals surface area contributed by atoms with Crippen LogP contribution in [0.2, 0.25) is 0 Å². The molecule has 0 spiro atoms. The maximum atomic E-state index is 12.2. The lowest BCUT2D eigenvalue weighted by atomic mass is 9.95. The van der Waals surface area contributed by atoms with E-state index in [0.29, 0.717) is 12.1 Å². The molecule has 0 saturated carbocycles. The van der Waals surface area contributed by atoms with Gasteiger partial charge in [-0.2, -0.15) is 5.26 Å². The molecule has 1 unspecified atom stereocenters. The fourth-order valence-electron chi connectivity index (χ4n) is 3.24. The molecule has 1 amide bonds. The predicted octanol–water partition coefficient (Wildman–Crippen LogP) is 2.61. The maximum absolute atomic E-state index is 12.2. The Morgan fingerprint density at radius 1 is 1.32 bits per heavy atom. The molecule has 2 N–H and O–H groups in total. The van der Waals surface area contributed by atoms with E-state index in [-0.39, 0.29) is 11.8 Å². The standard InChI is InChI=1S/C20H29N3O2/c1-2-3-4-11-22-20(25)18-9-12-23(13-10-18)15-19(24)17-7-5-16(14-21)6-8-17/h5-8,18-19,24H,2-4,9-13,15H2,1H3,(H,22,25). The second-order valence-corrected chi connectivity index (χ2v) is 6.82. The molecular weight excluding hydrogens is 314 g/mol. The minimum absolute atomic E-state index is 0.102. The molecule has 1 aliphatic heterocycles. The molecule has 2 rings (SSSR count). The topological polar surface area (TPSA) is 76.4 Å². The zero-order valence-corrected chi connectivity index (χ0v) is 15.1. The van der Waals surface area contributed by atoms with Gasteiger partial charge in [0.15, 0.2) is 0 Å². The van der Waals surface area contributed by atoms with E-state index < -0.39 is 6.10 Å². The average Bonchev–Trinajstić information content (AvgIpc) is 2.65. The van der Waals surface area contributed by atoms with E-state index in [9.17, 15) is 9.90 Å². The van der Waals surface area contributed by atoms with Crippen molar-refractivity contribution in [2.75, 3.05) is 26.2 Å². The number of nitriles is 1. The van der Waals surface area contributed by atoms with Crippen LogP contribution < -0.4 is 5.32 Å². The van der Waals surface area contributed by atoms with E-state index in [2.05, 4.69) is 23.2 Å². The first-order chi connectivity index (χ1) is 12.1. The van der Waals surface area contributed by atoms with Crippen LogP contribution in [-0.2, 0) is 4.79 Å². The van der Waals surface area contributed by atoms with E-state index in [0.717, 1.165) is 57.3 Å². The molecule has 1 aromatic carbocycles. The Balaban J connectivity index is 1.72. The molecule has 0 radical (unpaired) electrons. The zero-order chi connectivity index (χ0) is 18.1. The summed E-state index contributed by atoms with van der Waals surface area (Å²) in [6, 6.07) is 9.15. The molecule has 1 aliphatic rings. The number of nitrogens with one attached hydrogen (secondary N) is 1. The van der Waals surface area contributed by atoms with Crippen LogP contribution in [0.25, 0.3) is 0 Å². The van der Waals surface area contributed by atoms with Gasteiger partial charge in [-0.15, -0.1) is 0 Å². The number of aliphatic hydroxyl groups excluding tert-OH is 1. The summed E-state index contributed by atoms with van der Waals surface area (Å²) in [5.74, 6) is 0.285. The first-order valence-electron chi connectivity index (χ1n) is 9.32. The number of β-amino-alcohol motifs (C(OH)–C–C–N with tert-alkyl or cyclic N) is 1. The van der Waals surface area contributed by atoms with E-state index in [1.807, 2.05) is 0 Å². The molecule has 1 fully saturated rings. The molecule has 136 valence electrons. The smallest absolute Gasteiger partial charge is 0.223 e. The van der Waals surface area contributed by atoms with Crippen LogP contribution in [0.15, 0.2) is 24.3 Å². The summed E-state index contributed by atoms with van der Waals surface area (Å²) >= 11 is 0. The predicted molar refractivity (Wildman–Crippen MR) is 97.8 cm³/mol. The van der Waals surface area contributed by atoms with Crippen molar-refractivity contribution in [1.29, 1.82) is 5.26 Å². The number of unbranched alkanes of at least 4 members (excludes halogenated alkanes) is 2. The lowest BCUT2D eigenvalue weighted by Crippen LogP contribution is -2.42. The zero-order valence-electron chi connectivity index (χ0n) is 15.1. The first-order valence-corrected chi connectivity index (χ1v) is 9.32. The molecule has 25 heavy (non-hydrogen) atoms. The minimum atomic E-state index is -0.563. The van der Waals surface area contributed by atoms with Crippen molar-refractivity contribution in [3.8, 4) is 6.07 Å². The second-order valence-electron chi connectivity index (χ2n) is 6.82. The van der Waals surface area contributed by atoms with Crippen LogP contribution >= 0.6 is 0 Å². The van der Waals surface area contributed by atoms with E-state index in [4.69, 9.17) is 5.26 Å². The van der Waals surface area contributed by atoms with Crippen LogP contribution in [0, 0.1) is 17.2 Å². The number of likely N-dealkylation sites (tertiary alicyclic amines) is 1. The molecule has 1 heterocycles. The number of hydrogen-bond donors (Lipinski definition) is 2. The van der Waals surface area contributed by atoms with Crippen molar-refractivity contribution in [3.63, 3.8) is 0 Å². The quantitative estimate of drug-likeness (QED) is 0.712. The number of nitrogens with zero attached hydrogens (tertiary/aromatic N) is 2. The van der Waals surface area contributed by atoms with Crippen molar-refractivity contribution in [2.45, 2.75) is 45.1 Å². The highest BCUT2D eigenvalue weighted by atomic mass is 16.3. The highest BCUT2D eigenvalue weighted by Crippen LogP contribution is 2.21. The highest BCUT2D eigenvalue weighted by molar-refractivity contribution is 5.78. The molecule has 5 heteroatoms. The van der Waals surface area contributed by atoms with Crippen molar-refractivity contribution >= 4 is 5.91 Å². The van der Waals surface area contributed by atoms with E-state index in [1.54, 1.807) is 24.3 Å². The summed E-state index contributed by atoms with van der Waals surface area (Å²) in [5, 5.41) is 22.2. The van der Waals surface area contributed by atoms with Crippen LogP contribution in [0.3, 0.4) is 0 Å². The van der Waals surface area contributed by atoms with Crippen molar-refractivity contribution in [2.24, 2.45) is 5.92 Å². The van der Waals surface area contributed by atoms with Gasteiger partial charge in [0.2, 0.25) is 5.91 Å². The van der Waals surface area contributed by atoms with Crippen LogP contribution in [0.5, 0.6) is 0 Å². The number of benzene rings is 1. The third-order valence-electron chi connectivity index (χ3n) is 4.89. The van der Waals surface area contributed by atoms with Crippen molar-refractivity contribution in [3.05, 3.63) is 35.4 Å². The van der Waals surface area contributed by atoms with Gasteiger partial charge in [0.25, 0.3) is 0 Å². The summed E-state index contributed by atoms with van der Waals surface area (Å²) < 4.78 is 0. The van der Waals surface area contributed by atoms with Crippen LogP contribution in [-0.4, -0.2) is 42.1 Å². The van der Waals surface area contributed by atoms with Crippen LogP contribution in [0.1, 0.15) is 56.3 Å². The first kappa shape index (κ1) is 19.4. The second kappa shape index (κ2) is 10.2. The monoisotopic (exact) mass is 343 g/mol. The average molecular weight is 343 g/mol. The van der Waals surface area contributed by atoms with Crippen LogP contribution in [0.4, 0.5) is 0 Å². The largest absolute Gasteiger partial charge is 0.387 e. The Bertz CT molecular complexity index is 572. The molecule has 1 saturated heterocycles. The fourth-order valence-corrected chi connectivity index (χ4v) is 3.24. The van der Waals surface area contributed by atoms with Crippen molar-refractivity contribution in [1.82, 2.24) is 10.2 Å². The SMILES string of the molecule is CCCCCNC(=O)C1CCN(CC(O)c2ccc(C#N)cc2)CC1. The van der Waals surface area contributed by atoms with E-state index >= 15 is 0 Å². The normalized spacial score (nSPS) is 17.0. The maximum Gasteiger partial charge on any atom is 0.223 e. The number of hydrogen-bond acceptors (Lipinski definition) is 4. The van der Waals surface area contributed by atoms with Crippen molar-refractivity contribution < 1.29 is 9.90 Å². The van der Waals surface area contributed by atoms with Gasteiger partial charge in [0.1, 0.15) is 0 Å². The molecule has 0 aromatic heterocycles. The number of aliphatic hydroxyl groups is 1. The van der Waals surface area contributed by atoms with Gasteiger partial charge < -0.3 is 15.3 Å². The Hall–Kier alpha value is -1.90. The molecular formula is C20H29N3O2. The number of carbonyl (C=O) groups excluding carboxylic acids is 1. The summed E-state index contributed by atoms with van der Waals surface area (Å²) in [5.41, 5.74) is 1.43. The van der Waals surface area contributed by atoms with E-state index in [1.165, 1.54) is 0 Å². The van der Waals surface area contributed by atoms with Gasteiger partial charge in [-0.1, -0.05) is 31.9 Å². The number of piperidine rings is 1. The van der Waals surface area contributed by atoms with Gasteiger partial charge in [-0.25, -0.2) is 0 Å². The molecule has 0 aliphatic carbocycles. The summed E-state index contributed by atoms with van der Waals surface area (Å²) in [4.78, 5) is 14.4. The molecule has 1 aromatic rings. The van der Waals surface area contributed by atoms with Gasteiger partial charge in [-0.3, -0.25) is 4.79 Å². The third kappa shape index (κ3) is 6.15. The number of carbonyl (C=O) groups is 1. The Kier molecular flexibility index (Phi) is 7.90. The van der Waals surface area contributed by atoms with Gasteiger partial charge >= 0.3 is 0 Å². The highest BCUT2D eigenvalue weighted by Gasteiger charge is 2.25. The van der Waals surface area contributed by atoms with Gasteiger partial charge in [0.05, 0.1) is 17.7 Å². The summed E-state index contributed by atoms with van der Waals surface area (Å²) in [7, 11) is 0. The minimum Gasteiger partial charge on any atom is -0.387 e. The lowest BCUT2D eigenvalue weighted by molar-refractivity contribution is -0.126. The summed E-state index contributed by atoms with van der Waals surface area (Å²) in [6.45, 7) is 5.17. The molecule has 1 atom stereocenters. The fraction of sp³-hybridized carbons (Fsp3) is 0.600. The molecule has 0 bridgehead atoms. The summed E-state index contributed by atoms with van der Waals surface area (Å²) in [6.07, 6.45) is 4.51. The lowest BCUT2D eigenvalue weighted by Gasteiger charge is -2.32. The van der Waals surface area contributed by atoms with Gasteiger partial charge in [-0.05, 0) is 50.0 Å². The number of amides is 1. The third-order valence-corrected chi connectivity index (χ3v) is 4.89. The van der Waals surface area contributed by atoms with Gasteiger partial charge in [0, 0.05) is 19.0 Å². The number of rotatable bonds is 8. The molecule has 5 nitrogen and oxygen atoms in total.